The van der Waals surface area contributed by atoms with E-state index < -0.39 is 0 Å². The molecule has 0 saturated heterocycles. The zero-order chi connectivity index (χ0) is 29.9. The fourth-order valence-electron chi connectivity index (χ4n) is 5.29. The van der Waals surface area contributed by atoms with Crippen LogP contribution >= 0.6 is 0 Å². The summed E-state index contributed by atoms with van der Waals surface area (Å²) in [5, 5.41) is 0. The predicted octanol–water partition coefficient (Wildman–Crippen LogP) is 7.55. The first-order valence-electron chi connectivity index (χ1n) is 14.3. The van der Waals surface area contributed by atoms with Gasteiger partial charge >= 0.3 is 0 Å². The average molecular weight is 565 g/mol. The molecule has 4 aromatic rings. The van der Waals surface area contributed by atoms with Gasteiger partial charge in [-0.15, -0.1) is 0 Å². The topological polar surface area (TPSA) is 78.9 Å². The number of benzene rings is 4. The molecule has 4 aromatic carbocycles. The molecular weight excluding hydrogens is 528 g/mol. The predicted molar refractivity (Wildman–Crippen MR) is 163 cm³/mol. The molecule has 0 N–H and O–H groups in total. The molecule has 4 rings (SSSR count). The van der Waals surface area contributed by atoms with Crippen molar-refractivity contribution >= 4 is 18.9 Å². The minimum Gasteiger partial charge on any atom is -0.489 e. The van der Waals surface area contributed by atoms with Crippen LogP contribution in [0, 0.1) is 0 Å². The van der Waals surface area contributed by atoms with Crippen molar-refractivity contribution in [3.8, 4) is 17.2 Å². The maximum atomic E-state index is 11.1. The van der Waals surface area contributed by atoms with Gasteiger partial charge in [0.1, 0.15) is 55.9 Å². The molecule has 0 amide bonds. The highest BCUT2D eigenvalue weighted by Gasteiger charge is 2.23. The average Bonchev–Trinajstić information content (AvgIpc) is 3.05. The Morgan fingerprint density at radius 3 is 0.833 bits per heavy atom. The van der Waals surface area contributed by atoms with E-state index in [9.17, 15) is 14.4 Å². The highest BCUT2D eigenvalue weighted by atomic mass is 16.5. The maximum Gasteiger partial charge on any atom is 0.150 e. The molecule has 0 atom stereocenters. The molecule has 6 nitrogen and oxygen atoms in total. The van der Waals surface area contributed by atoms with Gasteiger partial charge in [-0.3, -0.25) is 14.4 Å². The molecule has 0 aromatic heterocycles. The van der Waals surface area contributed by atoms with Crippen LogP contribution < -0.4 is 14.2 Å². The lowest BCUT2D eigenvalue weighted by Crippen LogP contribution is -2.17. The molecule has 6 heteroatoms. The van der Waals surface area contributed by atoms with E-state index in [0.29, 0.717) is 53.8 Å². The highest BCUT2D eigenvalue weighted by Crippen LogP contribution is 2.33. The van der Waals surface area contributed by atoms with Crippen LogP contribution in [-0.2, 0) is 39.1 Å². The van der Waals surface area contributed by atoms with Crippen LogP contribution in [0.5, 0.6) is 17.2 Å². The number of carbonyl (C=O) groups is 3. The second-order valence-electron chi connectivity index (χ2n) is 9.86. The van der Waals surface area contributed by atoms with Crippen LogP contribution in [0.1, 0.15) is 85.2 Å². The van der Waals surface area contributed by atoms with Gasteiger partial charge in [-0.1, -0.05) is 20.8 Å². The summed E-state index contributed by atoms with van der Waals surface area (Å²) in [7, 11) is 0. The van der Waals surface area contributed by atoms with Gasteiger partial charge < -0.3 is 14.2 Å². The Labute approximate surface area is 247 Å². The van der Waals surface area contributed by atoms with Gasteiger partial charge in [-0.25, -0.2) is 0 Å². The van der Waals surface area contributed by atoms with Crippen LogP contribution in [0.15, 0.2) is 72.8 Å². The summed E-state index contributed by atoms with van der Waals surface area (Å²) in [4.78, 5) is 33.3. The Morgan fingerprint density at radius 2 is 0.643 bits per heavy atom. The molecule has 0 aliphatic heterocycles. The molecule has 42 heavy (non-hydrogen) atoms. The number of hydrogen-bond donors (Lipinski definition) is 0. The lowest BCUT2D eigenvalue weighted by Gasteiger charge is -2.26. The summed E-state index contributed by atoms with van der Waals surface area (Å²) >= 11 is 0. The van der Waals surface area contributed by atoms with E-state index in [0.717, 1.165) is 54.8 Å². The zero-order valence-electron chi connectivity index (χ0n) is 24.4. The number of carbonyl (C=O) groups excluding carboxylic acids is 3. The van der Waals surface area contributed by atoms with Gasteiger partial charge in [0, 0.05) is 16.7 Å². The summed E-state index contributed by atoms with van der Waals surface area (Å²) in [5.41, 5.74) is 8.70. The summed E-state index contributed by atoms with van der Waals surface area (Å²) < 4.78 is 18.8. The highest BCUT2D eigenvalue weighted by molar-refractivity contribution is 5.75. The summed E-state index contributed by atoms with van der Waals surface area (Å²) in [6.07, 6.45) is 4.82. The van der Waals surface area contributed by atoms with Crippen LogP contribution in [0.2, 0.25) is 0 Å². The third kappa shape index (κ3) is 7.13. The molecule has 0 aliphatic rings. The normalized spacial score (nSPS) is 10.6. The number of hydrogen-bond acceptors (Lipinski definition) is 6. The van der Waals surface area contributed by atoms with Gasteiger partial charge in [-0.2, -0.15) is 0 Å². The lowest BCUT2D eigenvalue weighted by molar-refractivity contribution is 0.111. The Kier molecular flexibility index (Phi) is 10.6. The molecule has 216 valence electrons. The van der Waals surface area contributed by atoms with E-state index in [1.165, 1.54) is 16.7 Å². The summed E-state index contributed by atoms with van der Waals surface area (Å²) in [6, 6.07) is 21.3. The largest absolute Gasteiger partial charge is 0.489 e. The molecule has 0 unspecified atom stereocenters. The quantitative estimate of drug-likeness (QED) is 0.139. The molecule has 0 heterocycles. The van der Waals surface area contributed by atoms with E-state index in [1.807, 2.05) is 0 Å². The Morgan fingerprint density at radius 1 is 0.405 bits per heavy atom. The monoisotopic (exact) mass is 564 g/mol. The van der Waals surface area contributed by atoms with Crippen LogP contribution in [0.4, 0.5) is 0 Å². The molecule has 0 radical (unpaired) electrons. The van der Waals surface area contributed by atoms with Crippen molar-refractivity contribution in [3.63, 3.8) is 0 Å². The third-order valence-corrected chi connectivity index (χ3v) is 7.44. The van der Waals surface area contributed by atoms with E-state index in [4.69, 9.17) is 14.2 Å². The second kappa shape index (κ2) is 14.8. The number of rotatable bonds is 15. The fourth-order valence-corrected chi connectivity index (χ4v) is 5.29. The number of ether oxygens (including phenoxy) is 3. The standard InChI is InChI=1S/C36H36O6/c1-4-31-34(22-40-28-13-7-25(19-37)8-14-28)32(5-2)36(24-42-30-17-11-27(21-39)12-18-30)33(6-3)35(31)23-41-29-15-9-26(20-38)10-16-29/h7-21H,4-6,22-24H2,1-3H3. The fraction of sp³-hybridized carbons (Fsp3) is 0.250. The summed E-state index contributed by atoms with van der Waals surface area (Å²) in [6.45, 7) is 7.51. The molecular formula is C36H36O6. The zero-order valence-corrected chi connectivity index (χ0v) is 24.4. The van der Waals surface area contributed by atoms with Crippen molar-refractivity contribution in [1.29, 1.82) is 0 Å². The van der Waals surface area contributed by atoms with Gasteiger partial charge in [0.05, 0.1) is 0 Å². The first kappa shape index (κ1) is 30.3. The Balaban J connectivity index is 1.75. The van der Waals surface area contributed by atoms with Crippen LogP contribution in [-0.4, -0.2) is 18.9 Å². The van der Waals surface area contributed by atoms with Crippen molar-refractivity contribution in [2.75, 3.05) is 0 Å². The minimum atomic E-state index is 0.360. The number of aldehydes is 3. The second-order valence-corrected chi connectivity index (χ2v) is 9.86. The molecule has 0 spiro atoms. The van der Waals surface area contributed by atoms with Crippen molar-refractivity contribution in [1.82, 2.24) is 0 Å². The SMILES string of the molecule is CCc1c(COc2ccc(C=O)cc2)c(CC)c(COc2ccc(C=O)cc2)c(CC)c1COc1ccc(C=O)cc1. The maximum absolute atomic E-state index is 11.1. The Bertz CT molecular complexity index is 1300. The summed E-state index contributed by atoms with van der Waals surface area (Å²) in [5.74, 6) is 2.06. The first-order valence-corrected chi connectivity index (χ1v) is 14.3. The molecule has 0 aliphatic carbocycles. The molecule has 0 fully saturated rings. The van der Waals surface area contributed by atoms with Crippen molar-refractivity contribution < 1.29 is 28.6 Å². The van der Waals surface area contributed by atoms with Crippen molar-refractivity contribution in [2.24, 2.45) is 0 Å². The smallest absolute Gasteiger partial charge is 0.150 e. The Hall–Kier alpha value is -4.71. The minimum absolute atomic E-state index is 0.360. The third-order valence-electron chi connectivity index (χ3n) is 7.44. The van der Waals surface area contributed by atoms with E-state index in [1.54, 1.807) is 72.8 Å². The molecule has 0 bridgehead atoms. The van der Waals surface area contributed by atoms with E-state index in [2.05, 4.69) is 20.8 Å². The lowest BCUT2D eigenvalue weighted by atomic mass is 9.84. The van der Waals surface area contributed by atoms with Crippen molar-refractivity contribution in [3.05, 3.63) is 123 Å². The van der Waals surface area contributed by atoms with E-state index >= 15 is 0 Å². The molecule has 0 saturated carbocycles. The van der Waals surface area contributed by atoms with Gasteiger partial charge in [0.15, 0.2) is 0 Å². The van der Waals surface area contributed by atoms with E-state index in [-0.39, 0.29) is 0 Å². The van der Waals surface area contributed by atoms with Gasteiger partial charge in [0.25, 0.3) is 0 Å². The van der Waals surface area contributed by atoms with Crippen molar-refractivity contribution in [2.45, 2.75) is 59.9 Å². The first-order chi connectivity index (χ1) is 20.5. The van der Waals surface area contributed by atoms with Crippen LogP contribution in [0.25, 0.3) is 0 Å². The van der Waals surface area contributed by atoms with Gasteiger partial charge in [-0.05, 0) is 125 Å². The van der Waals surface area contributed by atoms with Gasteiger partial charge in [0.2, 0.25) is 0 Å². The van der Waals surface area contributed by atoms with Crippen LogP contribution in [0.3, 0.4) is 0 Å².